The zero-order valence-electron chi connectivity index (χ0n) is 11.6. The van der Waals surface area contributed by atoms with Crippen LogP contribution in [-0.4, -0.2) is 0 Å². The highest BCUT2D eigenvalue weighted by Gasteiger charge is 2.16. The molecule has 2 rings (SSSR count). The van der Waals surface area contributed by atoms with Crippen molar-refractivity contribution in [3.8, 4) is 0 Å². The predicted molar refractivity (Wildman–Crippen MR) is 96.5 cm³/mol. The van der Waals surface area contributed by atoms with Crippen molar-refractivity contribution >= 4 is 38.5 Å². The van der Waals surface area contributed by atoms with Crippen LogP contribution in [0.1, 0.15) is 28.3 Å². The molecule has 2 aromatic carbocycles. The van der Waals surface area contributed by atoms with Crippen LogP contribution in [0.2, 0.25) is 0 Å². The van der Waals surface area contributed by atoms with E-state index in [2.05, 4.69) is 94.2 Å². The van der Waals surface area contributed by atoms with E-state index >= 15 is 0 Å². The summed E-state index contributed by atoms with van der Waals surface area (Å²) < 4.78 is 2.30. The van der Waals surface area contributed by atoms with Gasteiger partial charge < -0.3 is 0 Å². The fraction of sp³-hybridized carbons (Fsp3) is 0.250. The summed E-state index contributed by atoms with van der Waals surface area (Å²) in [5, 5.41) is 0. The van der Waals surface area contributed by atoms with Crippen molar-refractivity contribution in [1.82, 2.24) is 5.43 Å². The van der Waals surface area contributed by atoms with E-state index < -0.39 is 0 Å². The number of benzene rings is 2. The first-order chi connectivity index (χ1) is 9.52. The van der Waals surface area contributed by atoms with E-state index in [1.165, 1.54) is 25.8 Å². The zero-order valence-corrected chi connectivity index (χ0v) is 15.3. The van der Waals surface area contributed by atoms with Gasteiger partial charge >= 0.3 is 0 Å². The molecule has 0 heterocycles. The third-order valence-electron chi connectivity index (χ3n) is 3.59. The third kappa shape index (κ3) is 3.61. The Kier molecular flexibility index (Phi) is 5.60. The van der Waals surface area contributed by atoms with Gasteiger partial charge in [0.05, 0.1) is 6.04 Å². The molecule has 3 N–H and O–H groups in total. The van der Waals surface area contributed by atoms with Crippen molar-refractivity contribution in [3.05, 3.63) is 66.7 Å². The molecule has 0 aliphatic rings. The second-order valence-corrected chi connectivity index (χ2v) is 7.04. The Hall–Kier alpha value is -0.430. The summed E-state index contributed by atoms with van der Waals surface area (Å²) in [4.78, 5) is 0. The summed E-state index contributed by atoms with van der Waals surface area (Å²) in [6.07, 6.45) is 0.890. The van der Waals surface area contributed by atoms with Crippen molar-refractivity contribution in [2.75, 3.05) is 0 Å². The van der Waals surface area contributed by atoms with Crippen LogP contribution in [-0.2, 0) is 6.42 Å². The molecule has 0 saturated heterocycles. The Labute approximate surface area is 142 Å². The summed E-state index contributed by atoms with van der Waals surface area (Å²) in [6.45, 7) is 4.31. The lowest BCUT2D eigenvalue weighted by Crippen LogP contribution is -2.30. The first-order valence-corrected chi connectivity index (χ1v) is 8.36. The summed E-state index contributed by atoms with van der Waals surface area (Å²) in [5.74, 6) is 5.80. The van der Waals surface area contributed by atoms with E-state index in [0.29, 0.717) is 0 Å². The van der Waals surface area contributed by atoms with Crippen LogP contribution in [0, 0.1) is 17.4 Å². The minimum Gasteiger partial charge on any atom is -0.271 e. The topological polar surface area (TPSA) is 38.0 Å². The number of hydrazine groups is 1. The number of hydrogen-bond acceptors (Lipinski definition) is 2. The summed E-state index contributed by atoms with van der Waals surface area (Å²) in [6, 6.07) is 12.8. The van der Waals surface area contributed by atoms with Gasteiger partial charge in [0, 0.05) is 8.04 Å². The molecule has 2 nitrogen and oxygen atoms in total. The fourth-order valence-electron chi connectivity index (χ4n) is 2.42. The van der Waals surface area contributed by atoms with Gasteiger partial charge in [0.2, 0.25) is 0 Å². The Morgan fingerprint density at radius 1 is 1.20 bits per heavy atom. The second-order valence-electron chi connectivity index (χ2n) is 4.96. The lowest BCUT2D eigenvalue weighted by Gasteiger charge is -2.20. The highest BCUT2D eigenvalue weighted by Crippen LogP contribution is 2.28. The fourth-order valence-corrected chi connectivity index (χ4v) is 3.51. The first kappa shape index (κ1) is 15.9. The molecule has 20 heavy (non-hydrogen) atoms. The van der Waals surface area contributed by atoms with Crippen molar-refractivity contribution in [3.63, 3.8) is 0 Å². The summed E-state index contributed by atoms with van der Waals surface area (Å²) in [7, 11) is 0. The molecule has 0 aliphatic carbocycles. The van der Waals surface area contributed by atoms with E-state index in [1.54, 1.807) is 0 Å². The van der Waals surface area contributed by atoms with E-state index in [-0.39, 0.29) is 6.04 Å². The van der Waals surface area contributed by atoms with E-state index in [9.17, 15) is 0 Å². The lowest BCUT2D eigenvalue weighted by molar-refractivity contribution is 0.547. The van der Waals surface area contributed by atoms with Crippen molar-refractivity contribution in [2.24, 2.45) is 5.84 Å². The highest BCUT2D eigenvalue weighted by atomic mass is 127. The molecule has 0 saturated carbocycles. The van der Waals surface area contributed by atoms with E-state index in [1.807, 2.05) is 0 Å². The van der Waals surface area contributed by atoms with Crippen LogP contribution >= 0.6 is 38.5 Å². The summed E-state index contributed by atoms with van der Waals surface area (Å²) in [5.41, 5.74) is 8.19. The van der Waals surface area contributed by atoms with Crippen LogP contribution in [0.15, 0.2) is 40.9 Å². The smallest absolute Gasteiger partial charge is 0.0511 e. The van der Waals surface area contributed by atoms with Crippen LogP contribution in [0.3, 0.4) is 0 Å². The number of halogens is 2. The second kappa shape index (κ2) is 7.02. The van der Waals surface area contributed by atoms with Gasteiger partial charge in [-0.25, -0.2) is 0 Å². The largest absolute Gasteiger partial charge is 0.271 e. The highest BCUT2D eigenvalue weighted by molar-refractivity contribution is 14.1. The normalized spacial score (nSPS) is 12.4. The number of aryl methyl sites for hydroxylation is 2. The van der Waals surface area contributed by atoms with Crippen molar-refractivity contribution < 1.29 is 0 Å². The van der Waals surface area contributed by atoms with Crippen molar-refractivity contribution in [2.45, 2.75) is 26.3 Å². The Balaban J connectivity index is 2.36. The minimum absolute atomic E-state index is 0.110. The third-order valence-corrected chi connectivity index (χ3v) is 5.06. The standard InChI is InChI=1S/C16H18BrIN2/c1-10-4-3-5-11(2)13(10)9-16(20-19)14-8-12(17)6-7-15(14)18/h3-8,16,20H,9,19H2,1-2H3. The molecule has 1 atom stereocenters. The molecule has 0 bridgehead atoms. The number of nitrogens with two attached hydrogens (primary N) is 1. The zero-order chi connectivity index (χ0) is 14.7. The molecule has 106 valence electrons. The number of hydrogen-bond donors (Lipinski definition) is 2. The van der Waals surface area contributed by atoms with Crippen LogP contribution in [0.25, 0.3) is 0 Å². The molecular formula is C16H18BrIN2. The first-order valence-electron chi connectivity index (χ1n) is 6.49. The van der Waals surface area contributed by atoms with Crippen LogP contribution in [0.5, 0.6) is 0 Å². The molecule has 0 radical (unpaired) electrons. The van der Waals surface area contributed by atoms with Gasteiger partial charge in [0.15, 0.2) is 0 Å². The molecule has 1 unspecified atom stereocenters. The van der Waals surface area contributed by atoms with E-state index in [4.69, 9.17) is 5.84 Å². The maximum atomic E-state index is 5.80. The minimum atomic E-state index is 0.110. The molecule has 0 spiro atoms. The average Bonchev–Trinajstić information content (AvgIpc) is 2.42. The Morgan fingerprint density at radius 3 is 2.45 bits per heavy atom. The average molecular weight is 445 g/mol. The van der Waals surface area contributed by atoms with Crippen LogP contribution in [0.4, 0.5) is 0 Å². The Bertz CT molecular complexity index is 593. The molecule has 4 heteroatoms. The molecule has 0 aliphatic heterocycles. The number of rotatable bonds is 4. The summed E-state index contributed by atoms with van der Waals surface area (Å²) >= 11 is 5.90. The number of nitrogens with one attached hydrogen (secondary N) is 1. The van der Waals surface area contributed by atoms with Gasteiger partial charge in [0.1, 0.15) is 0 Å². The monoisotopic (exact) mass is 444 g/mol. The van der Waals surface area contributed by atoms with Gasteiger partial charge in [-0.1, -0.05) is 34.1 Å². The quantitative estimate of drug-likeness (QED) is 0.416. The molecule has 0 fully saturated rings. The van der Waals surface area contributed by atoms with Crippen LogP contribution < -0.4 is 11.3 Å². The SMILES string of the molecule is Cc1cccc(C)c1CC(NN)c1cc(Br)ccc1I. The maximum Gasteiger partial charge on any atom is 0.0511 e. The van der Waals surface area contributed by atoms with E-state index in [0.717, 1.165) is 10.9 Å². The lowest BCUT2D eigenvalue weighted by atomic mass is 9.93. The maximum absolute atomic E-state index is 5.80. The molecule has 0 aromatic heterocycles. The van der Waals surface area contributed by atoms with Gasteiger partial charge in [-0.05, 0) is 83.3 Å². The van der Waals surface area contributed by atoms with Gasteiger partial charge in [-0.2, -0.15) is 0 Å². The van der Waals surface area contributed by atoms with Gasteiger partial charge in [0.25, 0.3) is 0 Å². The molecular weight excluding hydrogens is 427 g/mol. The predicted octanol–water partition coefficient (Wildman–Crippen LogP) is 4.42. The molecule has 0 amide bonds. The molecule has 2 aromatic rings. The van der Waals surface area contributed by atoms with Gasteiger partial charge in [-0.3, -0.25) is 11.3 Å². The Morgan fingerprint density at radius 2 is 1.85 bits per heavy atom. The van der Waals surface area contributed by atoms with Crippen molar-refractivity contribution in [1.29, 1.82) is 0 Å². The van der Waals surface area contributed by atoms with Gasteiger partial charge in [-0.15, -0.1) is 0 Å².